The van der Waals surface area contributed by atoms with Crippen LogP contribution in [0.3, 0.4) is 0 Å². The van der Waals surface area contributed by atoms with E-state index in [1.165, 1.54) is 0 Å². The van der Waals surface area contributed by atoms with Gasteiger partial charge in [-0.15, -0.1) is 0 Å². The molecule has 0 aromatic rings. The summed E-state index contributed by atoms with van der Waals surface area (Å²) in [5, 5.41) is 76.5. The molecule has 0 heterocycles. The van der Waals surface area contributed by atoms with Gasteiger partial charge in [-0.2, -0.15) is 41.8 Å². The van der Waals surface area contributed by atoms with E-state index >= 15 is 0 Å². The molecule has 0 N–H and O–H groups in total. The standard InChI is InChI=1S/C8H12N4.C7H10N2.2C4H7N.C3H2N.K.N2.H/c1-7(2,5-9)11-12-8(3,4)6-10;1-7(2,6-9)4-3-5-8;2*1-4(2)3-5;1-2-3-4;;1-2;/h1-4H3;3-4H2,1-2H3;2*4H,1-2H3;1-2H;;;/q;;;;2*+1;;-1. The fourth-order valence-electron chi connectivity index (χ4n) is 0.719. The first-order chi connectivity index (χ1) is 16.9. The largest absolute Gasteiger partial charge is 1.00 e. The molecule has 0 radical (unpaired) electrons. The summed E-state index contributed by atoms with van der Waals surface area (Å²) in [5.41, 5.74) is -2.00. The molecule has 11 nitrogen and oxygen atoms in total. The minimum Gasteiger partial charge on any atom is -1.00 e. The molecule has 0 spiro atoms. The summed E-state index contributed by atoms with van der Waals surface area (Å²) < 4.78 is 0. The maximum atomic E-state index is 8.58. The van der Waals surface area contributed by atoms with Crippen molar-refractivity contribution in [1.29, 1.82) is 47.6 Å². The predicted molar refractivity (Wildman–Crippen MR) is 138 cm³/mol. The molecule has 0 amide bonds. The summed E-state index contributed by atoms with van der Waals surface area (Å²) in [6.45, 7) is 22.2. The SMILES string of the molecule is CC(C)(C#N)CCC#N.CC(C)(C#N)N=NC(C)(C)C#N.CC(C)C#N.CC(C)C#N.N#N.[CH+]=CC#N.[H-].[K+]. The molecule has 0 fully saturated rings. The number of azo groups is 1. The van der Waals surface area contributed by atoms with Crippen LogP contribution in [-0.4, -0.2) is 11.1 Å². The van der Waals surface area contributed by atoms with Gasteiger partial charge in [-0.1, -0.05) is 5.26 Å². The maximum absolute atomic E-state index is 8.58. The zero-order chi connectivity index (χ0) is 31.1. The third-order valence-electron chi connectivity index (χ3n) is 2.85. The second-order valence-corrected chi connectivity index (χ2v) is 9.06. The number of hydrogen-bond acceptors (Lipinski definition) is 11. The normalized spacial score (nSPS) is 8.68. The van der Waals surface area contributed by atoms with Crippen molar-refractivity contribution < 1.29 is 52.8 Å². The van der Waals surface area contributed by atoms with Gasteiger partial charge in [0.1, 0.15) is 0 Å². The van der Waals surface area contributed by atoms with Gasteiger partial charge in [0.05, 0.1) is 48.4 Å². The fraction of sp³-hybridized carbons (Fsp3) is 0.654. The minimum absolute atomic E-state index is 0. The van der Waals surface area contributed by atoms with Crippen molar-refractivity contribution in [3.8, 4) is 42.5 Å². The van der Waals surface area contributed by atoms with E-state index in [1.54, 1.807) is 33.8 Å². The number of nitrogens with zero attached hydrogens (tertiary/aromatic N) is 11. The molecule has 0 aliphatic heterocycles. The smallest absolute Gasteiger partial charge is 1.00 e. The Balaban J connectivity index is -0.0000000528. The van der Waals surface area contributed by atoms with Crippen molar-refractivity contribution >= 4 is 0 Å². The first-order valence-corrected chi connectivity index (χ1v) is 10.9. The third kappa shape index (κ3) is 63.8. The second-order valence-electron chi connectivity index (χ2n) is 9.06. The zero-order valence-corrected chi connectivity index (χ0v) is 27.8. The van der Waals surface area contributed by atoms with Gasteiger partial charge in [0.25, 0.3) is 0 Å². The van der Waals surface area contributed by atoms with Crippen molar-refractivity contribution in [2.75, 3.05) is 0 Å². The van der Waals surface area contributed by atoms with Crippen molar-refractivity contribution in [2.24, 2.45) is 27.5 Å². The van der Waals surface area contributed by atoms with Crippen LogP contribution in [-0.2, 0) is 0 Å². The first kappa shape index (κ1) is 51.4. The predicted octanol–water partition coefficient (Wildman–Crippen LogP) is 3.86. The van der Waals surface area contributed by atoms with Crippen LogP contribution >= 0.6 is 0 Å². The molecule has 0 saturated carbocycles. The van der Waals surface area contributed by atoms with E-state index in [0.717, 1.165) is 6.08 Å². The number of hydrogen-bond donors (Lipinski definition) is 0. The van der Waals surface area contributed by atoms with Crippen molar-refractivity contribution in [1.82, 2.24) is 0 Å². The summed E-state index contributed by atoms with van der Waals surface area (Å²) in [5.74, 6) is 0.380. The van der Waals surface area contributed by atoms with Crippen LogP contribution in [0.15, 0.2) is 16.3 Å². The number of allylic oxidation sites excluding steroid dienone is 1. The average molecular weight is 545 g/mol. The Hall–Kier alpha value is -3.26. The van der Waals surface area contributed by atoms with E-state index in [1.807, 2.05) is 71.9 Å². The molecule has 12 heteroatoms. The summed E-state index contributed by atoms with van der Waals surface area (Å²) in [6, 6.07) is 13.7. The summed E-state index contributed by atoms with van der Waals surface area (Å²) in [6.07, 6.45) is 2.07. The quantitative estimate of drug-likeness (QED) is 0.164. The fourth-order valence-corrected chi connectivity index (χ4v) is 0.719. The van der Waals surface area contributed by atoms with Gasteiger partial charge in [-0.05, 0) is 75.7 Å². The van der Waals surface area contributed by atoms with Crippen LogP contribution in [0.1, 0.15) is 83.5 Å². The molecule has 0 aromatic heterocycles. The monoisotopic (exact) mass is 544 g/mol. The number of rotatable bonds is 4. The zero-order valence-electron chi connectivity index (χ0n) is 25.6. The molecule has 0 unspecified atom stereocenters. The molecule has 0 aromatic carbocycles. The Bertz CT molecular complexity index is 903. The molecule has 0 rings (SSSR count). The van der Waals surface area contributed by atoms with Gasteiger partial charge in [0.2, 0.25) is 6.08 Å². The van der Waals surface area contributed by atoms with Gasteiger partial charge >= 0.3 is 57.5 Å². The first-order valence-electron chi connectivity index (χ1n) is 10.9. The van der Waals surface area contributed by atoms with E-state index < -0.39 is 11.1 Å². The Morgan fingerprint density at radius 3 is 1.11 bits per heavy atom. The molecule has 198 valence electrons. The molecular formula is C26H39KN11+. The summed E-state index contributed by atoms with van der Waals surface area (Å²) in [7, 11) is 0. The second kappa shape index (κ2) is 33.7. The topological polar surface area (TPSA) is 239 Å². The van der Waals surface area contributed by atoms with Gasteiger partial charge < -0.3 is 1.43 Å². The van der Waals surface area contributed by atoms with Gasteiger partial charge in [0, 0.05) is 29.0 Å². The Labute approximate surface area is 274 Å². The average Bonchev–Trinajstić information content (AvgIpc) is 2.88. The van der Waals surface area contributed by atoms with E-state index in [2.05, 4.69) is 22.9 Å². The van der Waals surface area contributed by atoms with E-state index in [4.69, 9.17) is 47.6 Å². The maximum Gasteiger partial charge on any atom is 1.00 e. The van der Waals surface area contributed by atoms with Crippen LogP contribution in [0.4, 0.5) is 0 Å². The molecular weight excluding hydrogens is 505 g/mol. The van der Waals surface area contributed by atoms with Crippen molar-refractivity contribution in [3.05, 3.63) is 12.7 Å². The third-order valence-corrected chi connectivity index (χ3v) is 2.85. The minimum atomic E-state index is -0.839. The molecule has 0 aliphatic carbocycles. The van der Waals surface area contributed by atoms with Crippen LogP contribution < -0.4 is 51.4 Å². The van der Waals surface area contributed by atoms with Crippen LogP contribution in [0.25, 0.3) is 0 Å². The van der Waals surface area contributed by atoms with Gasteiger partial charge in [-0.3, -0.25) is 0 Å². The van der Waals surface area contributed by atoms with Crippen LogP contribution in [0.2, 0.25) is 0 Å². The molecule has 38 heavy (non-hydrogen) atoms. The summed E-state index contributed by atoms with van der Waals surface area (Å²) in [4.78, 5) is 0. The van der Waals surface area contributed by atoms with E-state index in [0.29, 0.717) is 12.8 Å². The molecule has 0 bridgehead atoms. The van der Waals surface area contributed by atoms with Crippen molar-refractivity contribution in [3.63, 3.8) is 0 Å². The Kier molecular flexibility index (Phi) is 45.6. The Morgan fingerprint density at radius 1 is 0.711 bits per heavy atom. The van der Waals surface area contributed by atoms with Gasteiger partial charge in [0.15, 0.2) is 11.1 Å². The number of nitriles is 7. The molecule has 0 aliphatic rings. The van der Waals surface area contributed by atoms with Gasteiger partial charge in [-0.25, -0.2) is 0 Å². The van der Waals surface area contributed by atoms with E-state index in [9.17, 15) is 0 Å². The van der Waals surface area contributed by atoms with Crippen LogP contribution in [0, 0.1) is 114 Å². The van der Waals surface area contributed by atoms with Crippen molar-refractivity contribution in [2.45, 2.75) is 93.2 Å². The molecule has 0 atom stereocenters. The van der Waals surface area contributed by atoms with Crippen LogP contribution in [0.5, 0.6) is 0 Å². The Morgan fingerprint density at radius 2 is 0.974 bits per heavy atom. The van der Waals surface area contributed by atoms with E-state index in [-0.39, 0.29) is 70.1 Å². The summed E-state index contributed by atoms with van der Waals surface area (Å²) >= 11 is 0. The molecule has 0 saturated heterocycles.